The van der Waals surface area contributed by atoms with Gasteiger partial charge in [0.2, 0.25) is 0 Å². The summed E-state index contributed by atoms with van der Waals surface area (Å²) in [6, 6.07) is 8.27. The summed E-state index contributed by atoms with van der Waals surface area (Å²) in [6.45, 7) is 6.26. The second kappa shape index (κ2) is 4.74. The number of methoxy groups -OCH3 is 1. The van der Waals surface area contributed by atoms with E-state index in [1.807, 2.05) is 23.2 Å². The van der Waals surface area contributed by atoms with E-state index in [0.717, 1.165) is 16.4 Å². The average Bonchev–Trinajstić information content (AvgIpc) is 2.66. The van der Waals surface area contributed by atoms with Crippen molar-refractivity contribution >= 4 is 17.3 Å². The fourth-order valence-corrected chi connectivity index (χ4v) is 2.49. The fraction of sp³-hybridized carbons (Fsp3) is 0.462. The number of benzene rings is 1. The van der Waals surface area contributed by atoms with E-state index in [4.69, 9.17) is 17.0 Å². The Labute approximate surface area is 113 Å². The lowest BCUT2D eigenvalue weighted by Gasteiger charge is -2.27. The van der Waals surface area contributed by atoms with E-state index in [9.17, 15) is 0 Å². The smallest absolute Gasteiger partial charge is 0.185 e. The van der Waals surface area contributed by atoms with Gasteiger partial charge in [-0.2, -0.15) is 0 Å². The molecule has 1 aliphatic rings. The second-order valence-corrected chi connectivity index (χ2v) is 5.25. The van der Waals surface area contributed by atoms with Gasteiger partial charge in [-0.3, -0.25) is 5.01 Å². The van der Waals surface area contributed by atoms with Crippen molar-refractivity contribution < 1.29 is 4.74 Å². The zero-order valence-electron chi connectivity index (χ0n) is 11.2. The van der Waals surface area contributed by atoms with Crippen LogP contribution in [-0.4, -0.2) is 23.3 Å². The predicted octanol–water partition coefficient (Wildman–Crippen LogP) is 1.97. The Kier molecular flexibility index (Phi) is 3.45. The molecule has 18 heavy (non-hydrogen) atoms. The predicted molar refractivity (Wildman–Crippen MR) is 76.2 cm³/mol. The highest BCUT2D eigenvalue weighted by Crippen LogP contribution is 2.26. The van der Waals surface area contributed by atoms with Gasteiger partial charge in [-0.1, -0.05) is 12.1 Å². The van der Waals surface area contributed by atoms with E-state index in [1.54, 1.807) is 7.11 Å². The van der Waals surface area contributed by atoms with Crippen molar-refractivity contribution in [3.05, 3.63) is 29.8 Å². The molecule has 1 atom stereocenters. The van der Waals surface area contributed by atoms with E-state index < -0.39 is 5.66 Å². The molecular weight excluding hydrogens is 246 g/mol. The van der Waals surface area contributed by atoms with Crippen LogP contribution in [0.2, 0.25) is 0 Å². The molecule has 1 aromatic carbocycles. The minimum Gasteiger partial charge on any atom is -0.497 e. The molecule has 0 spiro atoms. The molecule has 2 N–H and O–H groups in total. The van der Waals surface area contributed by atoms with E-state index in [0.29, 0.717) is 6.04 Å². The number of ether oxygens (including phenoxy) is 1. The Bertz CT molecular complexity index is 463. The molecule has 1 fully saturated rings. The van der Waals surface area contributed by atoms with Crippen LogP contribution in [0.15, 0.2) is 24.3 Å². The lowest BCUT2D eigenvalue weighted by molar-refractivity contribution is 0.202. The van der Waals surface area contributed by atoms with Crippen LogP contribution < -0.4 is 15.5 Å². The normalized spacial score (nSPS) is 23.4. The summed E-state index contributed by atoms with van der Waals surface area (Å²) in [6.07, 6.45) is 0. The van der Waals surface area contributed by atoms with Crippen LogP contribution in [0.4, 0.5) is 0 Å². The Balaban J connectivity index is 2.29. The molecule has 1 heterocycles. The van der Waals surface area contributed by atoms with E-state index in [2.05, 4.69) is 37.6 Å². The van der Waals surface area contributed by atoms with Gasteiger partial charge in [0.05, 0.1) is 7.11 Å². The topological polar surface area (TPSA) is 36.5 Å². The molecule has 0 bridgehead atoms. The molecule has 98 valence electrons. The highest BCUT2D eigenvalue weighted by Gasteiger charge is 2.38. The quantitative estimate of drug-likeness (QED) is 0.817. The number of hydrazine groups is 1. The molecule has 0 radical (unpaired) electrons. The van der Waals surface area contributed by atoms with Crippen LogP contribution in [-0.2, 0) is 5.66 Å². The first kappa shape index (κ1) is 13.1. The van der Waals surface area contributed by atoms with Crippen molar-refractivity contribution in [1.82, 2.24) is 15.8 Å². The molecule has 0 unspecified atom stereocenters. The highest BCUT2D eigenvalue weighted by molar-refractivity contribution is 7.80. The van der Waals surface area contributed by atoms with E-state index in [-0.39, 0.29) is 0 Å². The number of hydrogen-bond donors (Lipinski definition) is 2. The largest absolute Gasteiger partial charge is 0.497 e. The maximum atomic E-state index is 5.35. The summed E-state index contributed by atoms with van der Waals surface area (Å²) in [4.78, 5) is 0. The third-order valence-electron chi connectivity index (χ3n) is 3.08. The molecule has 0 amide bonds. The van der Waals surface area contributed by atoms with Crippen molar-refractivity contribution in [2.75, 3.05) is 7.11 Å². The average molecular weight is 265 g/mol. The van der Waals surface area contributed by atoms with Gasteiger partial charge in [-0.15, -0.1) is 0 Å². The van der Waals surface area contributed by atoms with Gasteiger partial charge in [0.25, 0.3) is 0 Å². The molecule has 4 nitrogen and oxygen atoms in total. The van der Waals surface area contributed by atoms with Crippen LogP contribution in [0.1, 0.15) is 26.3 Å². The SMILES string of the molecule is COc1cccc([C@]2(C)NC(=S)N(C(C)C)N2)c1. The lowest BCUT2D eigenvalue weighted by Crippen LogP contribution is -2.47. The van der Waals surface area contributed by atoms with Gasteiger partial charge in [0.15, 0.2) is 5.11 Å². The molecular formula is C13H19N3OS. The first-order chi connectivity index (χ1) is 8.46. The zero-order chi connectivity index (χ0) is 13.3. The van der Waals surface area contributed by atoms with Crippen LogP contribution >= 0.6 is 12.2 Å². The number of rotatable bonds is 3. The van der Waals surface area contributed by atoms with Crippen molar-refractivity contribution in [3.63, 3.8) is 0 Å². The third-order valence-corrected chi connectivity index (χ3v) is 3.38. The number of nitrogens with zero attached hydrogens (tertiary/aromatic N) is 1. The fourth-order valence-electron chi connectivity index (χ4n) is 2.03. The zero-order valence-corrected chi connectivity index (χ0v) is 12.0. The number of hydrogen-bond acceptors (Lipinski definition) is 3. The molecule has 5 heteroatoms. The van der Waals surface area contributed by atoms with Gasteiger partial charge in [-0.25, -0.2) is 5.43 Å². The van der Waals surface area contributed by atoms with Crippen molar-refractivity contribution in [2.45, 2.75) is 32.5 Å². The van der Waals surface area contributed by atoms with E-state index in [1.165, 1.54) is 0 Å². The molecule has 2 rings (SSSR count). The van der Waals surface area contributed by atoms with Crippen LogP contribution in [0, 0.1) is 0 Å². The molecule has 0 saturated carbocycles. The van der Waals surface area contributed by atoms with Crippen molar-refractivity contribution in [2.24, 2.45) is 0 Å². The maximum Gasteiger partial charge on any atom is 0.185 e. The van der Waals surface area contributed by atoms with Gasteiger partial charge in [0.1, 0.15) is 11.4 Å². The first-order valence-electron chi connectivity index (χ1n) is 6.00. The van der Waals surface area contributed by atoms with Gasteiger partial charge in [0, 0.05) is 6.04 Å². The highest BCUT2D eigenvalue weighted by atomic mass is 32.1. The first-order valence-corrected chi connectivity index (χ1v) is 6.41. The van der Waals surface area contributed by atoms with Crippen LogP contribution in [0.5, 0.6) is 5.75 Å². The molecule has 0 aromatic heterocycles. The Morgan fingerprint density at radius 1 is 1.39 bits per heavy atom. The van der Waals surface area contributed by atoms with E-state index >= 15 is 0 Å². The summed E-state index contributed by atoms with van der Waals surface area (Å²) < 4.78 is 5.26. The van der Waals surface area contributed by atoms with Crippen LogP contribution in [0.3, 0.4) is 0 Å². The van der Waals surface area contributed by atoms with Crippen LogP contribution in [0.25, 0.3) is 0 Å². The molecule has 1 saturated heterocycles. The Morgan fingerprint density at radius 2 is 2.11 bits per heavy atom. The third kappa shape index (κ3) is 2.28. The summed E-state index contributed by atoms with van der Waals surface area (Å²) >= 11 is 5.35. The molecule has 0 aliphatic carbocycles. The second-order valence-electron chi connectivity index (χ2n) is 4.86. The number of thiocarbonyl (C=S) groups is 1. The minimum atomic E-state index is -0.393. The lowest BCUT2D eigenvalue weighted by atomic mass is 10.0. The van der Waals surface area contributed by atoms with Gasteiger partial charge >= 0.3 is 0 Å². The Hall–Kier alpha value is -1.33. The van der Waals surface area contributed by atoms with Gasteiger partial charge < -0.3 is 10.1 Å². The van der Waals surface area contributed by atoms with Crippen molar-refractivity contribution in [1.29, 1.82) is 0 Å². The molecule has 1 aliphatic heterocycles. The van der Waals surface area contributed by atoms with Crippen molar-refractivity contribution in [3.8, 4) is 5.75 Å². The number of nitrogens with one attached hydrogen (secondary N) is 2. The summed E-state index contributed by atoms with van der Waals surface area (Å²) in [5.41, 5.74) is 4.11. The molecule has 1 aromatic rings. The maximum absolute atomic E-state index is 5.35. The summed E-state index contributed by atoms with van der Waals surface area (Å²) in [5, 5.41) is 6.00. The Morgan fingerprint density at radius 3 is 2.67 bits per heavy atom. The summed E-state index contributed by atoms with van der Waals surface area (Å²) in [5.74, 6) is 0.839. The minimum absolute atomic E-state index is 0.303. The standard InChI is InChI=1S/C13H19N3OS/c1-9(2)16-12(18)14-13(3,15-16)10-6-5-7-11(8-10)17-4/h5-9,15H,1-4H3,(H,14,18)/t13-/m1/s1. The van der Waals surface area contributed by atoms with Gasteiger partial charge in [-0.05, 0) is 50.7 Å². The monoisotopic (exact) mass is 265 g/mol. The summed E-state index contributed by atoms with van der Waals surface area (Å²) in [7, 11) is 1.67.